The average molecular weight is 301 g/mol. The zero-order valence-corrected chi connectivity index (χ0v) is 11.1. The second kappa shape index (κ2) is 7.46. The quantitative estimate of drug-likeness (QED) is 0.572. The lowest BCUT2D eigenvalue weighted by atomic mass is 10.2. The monoisotopic (exact) mass is 300 g/mol. The first kappa shape index (κ1) is 15.9. The standard InChI is InChI=1S/C12H13ClN2O5/c13-8-3-1-2-7(4-8)11(18)14-5-10(17)15-9(6-16)12(19)20/h1-4,9,16H,5-6H2,(H,14,18)(H,15,17)(H,19,20). The number of carboxylic acids is 1. The highest BCUT2D eigenvalue weighted by Gasteiger charge is 2.18. The van der Waals surface area contributed by atoms with Gasteiger partial charge in [-0.05, 0) is 18.2 Å². The molecule has 0 heterocycles. The van der Waals surface area contributed by atoms with E-state index in [9.17, 15) is 14.4 Å². The first-order valence-corrected chi connectivity index (χ1v) is 5.98. The van der Waals surface area contributed by atoms with Gasteiger partial charge in [0, 0.05) is 10.6 Å². The van der Waals surface area contributed by atoms with Crippen LogP contribution in [0.25, 0.3) is 0 Å². The number of aliphatic carboxylic acids is 1. The van der Waals surface area contributed by atoms with Crippen molar-refractivity contribution < 1.29 is 24.6 Å². The van der Waals surface area contributed by atoms with Crippen molar-refractivity contribution in [2.45, 2.75) is 6.04 Å². The number of carbonyl (C=O) groups excluding carboxylic acids is 2. The lowest BCUT2D eigenvalue weighted by molar-refractivity contribution is -0.142. The molecule has 108 valence electrons. The SMILES string of the molecule is O=C(CNC(=O)c1cccc(Cl)c1)NC(CO)C(=O)O. The smallest absolute Gasteiger partial charge is 0.328 e. The maximum Gasteiger partial charge on any atom is 0.328 e. The fourth-order valence-electron chi connectivity index (χ4n) is 1.32. The molecular weight excluding hydrogens is 288 g/mol. The van der Waals surface area contributed by atoms with Gasteiger partial charge in [-0.15, -0.1) is 0 Å². The van der Waals surface area contributed by atoms with Crippen LogP contribution in [0, 0.1) is 0 Å². The zero-order valence-electron chi connectivity index (χ0n) is 10.3. The Morgan fingerprint density at radius 3 is 2.55 bits per heavy atom. The van der Waals surface area contributed by atoms with Gasteiger partial charge in [-0.2, -0.15) is 0 Å². The molecule has 0 saturated carbocycles. The van der Waals surface area contributed by atoms with Crippen LogP contribution in [0.1, 0.15) is 10.4 Å². The minimum Gasteiger partial charge on any atom is -0.480 e. The van der Waals surface area contributed by atoms with E-state index < -0.39 is 37.0 Å². The van der Waals surface area contributed by atoms with Gasteiger partial charge in [-0.1, -0.05) is 17.7 Å². The molecule has 0 saturated heterocycles. The number of hydrogen-bond acceptors (Lipinski definition) is 4. The van der Waals surface area contributed by atoms with Crippen LogP contribution in [0.15, 0.2) is 24.3 Å². The van der Waals surface area contributed by atoms with Crippen molar-refractivity contribution in [2.24, 2.45) is 0 Å². The van der Waals surface area contributed by atoms with Crippen LogP contribution in [0.5, 0.6) is 0 Å². The Bertz CT molecular complexity index is 520. The summed E-state index contributed by atoms with van der Waals surface area (Å²) in [5, 5.41) is 22.1. The summed E-state index contributed by atoms with van der Waals surface area (Å²) in [6, 6.07) is 4.74. The van der Waals surface area contributed by atoms with E-state index in [1.165, 1.54) is 12.1 Å². The fraction of sp³-hybridized carbons (Fsp3) is 0.250. The molecule has 0 aromatic heterocycles. The second-order valence-corrected chi connectivity index (χ2v) is 4.27. The number of benzene rings is 1. The number of halogens is 1. The lowest BCUT2D eigenvalue weighted by Crippen LogP contribution is -2.47. The summed E-state index contributed by atoms with van der Waals surface area (Å²) >= 11 is 5.72. The molecule has 1 aromatic rings. The highest BCUT2D eigenvalue weighted by atomic mass is 35.5. The van der Waals surface area contributed by atoms with Gasteiger partial charge in [-0.3, -0.25) is 9.59 Å². The molecule has 0 fully saturated rings. The van der Waals surface area contributed by atoms with E-state index in [0.717, 1.165) is 0 Å². The van der Waals surface area contributed by atoms with E-state index in [0.29, 0.717) is 5.02 Å². The lowest BCUT2D eigenvalue weighted by Gasteiger charge is -2.12. The minimum atomic E-state index is -1.40. The van der Waals surface area contributed by atoms with Gasteiger partial charge in [0.15, 0.2) is 0 Å². The number of aliphatic hydroxyl groups is 1. The molecule has 0 aliphatic heterocycles. The van der Waals surface area contributed by atoms with Crippen molar-refractivity contribution in [3.63, 3.8) is 0 Å². The van der Waals surface area contributed by atoms with E-state index in [1.807, 2.05) is 0 Å². The van der Waals surface area contributed by atoms with Crippen molar-refractivity contribution in [3.8, 4) is 0 Å². The summed E-state index contributed by atoms with van der Waals surface area (Å²) in [6.07, 6.45) is 0. The van der Waals surface area contributed by atoms with E-state index in [-0.39, 0.29) is 5.56 Å². The van der Waals surface area contributed by atoms with Gasteiger partial charge < -0.3 is 20.8 Å². The Hall–Kier alpha value is -2.12. The van der Waals surface area contributed by atoms with Crippen LogP contribution < -0.4 is 10.6 Å². The van der Waals surface area contributed by atoms with Crippen LogP contribution in [0.4, 0.5) is 0 Å². The maximum absolute atomic E-state index is 11.7. The molecule has 1 rings (SSSR count). The van der Waals surface area contributed by atoms with Crippen molar-refractivity contribution in [1.82, 2.24) is 10.6 Å². The third-order valence-electron chi connectivity index (χ3n) is 2.31. The summed E-state index contributed by atoms with van der Waals surface area (Å²) in [4.78, 5) is 33.7. The van der Waals surface area contributed by atoms with Gasteiger partial charge in [0.2, 0.25) is 5.91 Å². The molecule has 1 atom stereocenters. The third-order valence-corrected chi connectivity index (χ3v) is 2.55. The van der Waals surface area contributed by atoms with E-state index in [1.54, 1.807) is 12.1 Å². The minimum absolute atomic E-state index is 0.280. The molecular formula is C12H13ClN2O5. The number of nitrogens with one attached hydrogen (secondary N) is 2. The van der Waals surface area contributed by atoms with Crippen LogP contribution in [-0.4, -0.2) is 47.2 Å². The maximum atomic E-state index is 11.7. The van der Waals surface area contributed by atoms with Crippen molar-refractivity contribution in [1.29, 1.82) is 0 Å². The molecule has 2 amide bonds. The molecule has 0 radical (unpaired) electrons. The Kier molecular flexibility index (Phi) is 5.95. The topological polar surface area (TPSA) is 116 Å². The molecule has 4 N–H and O–H groups in total. The molecule has 8 heteroatoms. The van der Waals surface area contributed by atoms with Gasteiger partial charge in [0.25, 0.3) is 5.91 Å². The van der Waals surface area contributed by atoms with Gasteiger partial charge >= 0.3 is 5.97 Å². The molecule has 0 spiro atoms. The predicted octanol–water partition coefficient (Wildman–Crippen LogP) is -0.369. The molecule has 0 aliphatic carbocycles. The number of carbonyl (C=O) groups is 3. The average Bonchev–Trinajstić information content (AvgIpc) is 2.41. The first-order chi connectivity index (χ1) is 9.43. The summed E-state index contributed by atoms with van der Waals surface area (Å²) in [5.41, 5.74) is 0.280. The fourth-order valence-corrected chi connectivity index (χ4v) is 1.51. The Balaban J connectivity index is 2.49. The number of amides is 2. The number of carboxylic acid groups (broad SMARTS) is 1. The normalized spacial score (nSPS) is 11.5. The third kappa shape index (κ3) is 4.87. The molecule has 1 unspecified atom stereocenters. The highest BCUT2D eigenvalue weighted by molar-refractivity contribution is 6.30. The van der Waals surface area contributed by atoms with Gasteiger partial charge in [-0.25, -0.2) is 4.79 Å². The largest absolute Gasteiger partial charge is 0.480 e. The van der Waals surface area contributed by atoms with Crippen LogP contribution in [0.3, 0.4) is 0 Å². The summed E-state index contributed by atoms with van der Waals surface area (Å²) < 4.78 is 0. The summed E-state index contributed by atoms with van der Waals surface area (Å²) in [7, 11) is 0. The van der Waals surface area contributed by atoms with Crippen molar-refractivity contribution in [2.75, 3.05) is 13.2 Å². The van der Waals surface area contributed by atoms with E-state index in [2.05, 4.69) is 10.6 Å². The van der Waals surface area contributed by atoms with Crippen molar-refractivity contribution >= 4 is 29.4 Å². The highest BCUT2D eigenvalue weighted by Crippen LogP contribution is 2.10. The van der Waals surface area contributed by atoms with Crippen LogP contribution in [0.2, 0.25) is 5.02 Å². The van der Waals surface area contributed by atoms with Gasteiger partial charge in [0.1, 0.15) is 6.04 Å². The molecule has 0 aliphatic rings. The number of rotatable bonds is 6. The molecule has 20 heavy (non-hydrogen) atoms. The number of hydrogen-bond donors (Lipinski definition) is 4. The Morgan fingerprint density at radius 1 is 1.30 bits per heavy atom. The van der Waals surface area contributed by atoms with E-state index in [4.69, 9.17) is 21.8 Å². The summed E-state index contributed by atoms with van der Waals surface area (Å²) in [6.45, 7) is -1.14. The predicted molar refractivity (Wildman–Crippen MR) is 70.4 cm³/mol. The van der Waals surface area contributed by atoms with Crippen LogP contribution in [-0.2, 0) is 9.59 Å². The van der Waals surface area contributed by atoms with Crippen LogP contribution >= 0.6 is 11.6 Å². The molecule has 1 aromatic carbocycles. The van der Waals surface area contributed by atoms with Crippen molar-refractivity contribution in [3.05, 3.63) is 34.9 Å². The van der Waals surface area contributed by atoms with Gasteiger partial charge in [0.05, 0.1) is 13.2 Å². The molecule has 7 nitrogen and oxygen atoms in total. The first-order valence-electron chi connectivity index (χ1n) is 5.61. The van der Waals surface area contributed by atoms with E-state index >= 15 is 0 Å². The second-order valence-electron chi connectivity index (χ2n) is 3.83. The zero-order chi connectivity index (χ0) is 15.1. The Labute approximate surface area is 119 Å². The Morgan fingerprint density at radius 2 is 2.00 bits per heavy atom. The number of aliphatic hydroxyl groups excluding tert-OH is 1. The summed E-state index contributed by atoms with van der Waals surface area (Å²) in [5.74, 6) is -2.60. The molecule has 0 bridgehead atoms.